The number of rotatable bonds is 6. The molecule has 1 aromatic heterocycles. The summed E-state index contributed by atoms with van der Waals surface area (Å²) < 4.78 is 43.6. The summed E-state index contributed by atoms with van der Waals surface area (Å²) in [4.78, 5) is 36.4. The minimum atomic E-state index is -1.32. The Balaban J connectivity index is 2.85. The fourth-order valence-corrected chi connectivity index (χ4v) is 2.49. The molecule has 0 saturated carbocycles. The summed E-state index contributed by atoms with van der Waals surface area (Å²) in [6.07, 6.45) is 1.04. The lowest BCUT2D eigenvalue weighted by atomic mass is 10.1. The highest BCUT2D eigenvalue weighted by Gasteiger charge is 2.24. The molecular formula is C17H17F2NO6. The Labute approximate surface area is 147 Å². The van der Waals surface area contributed by atoms with Crippen molar-refractivity contribution in [2.24, 2.45) is 0 Å². The Kier molecular flexibility index (Phi) is 5.91. The molecular weight excluding hydrogens is 352 g/mol. The SMILES string of the molecule is CCOC(=O)Cn1cc(C(=O)OCC)c(=O)c2cc(F)c(F)c(OC)c21. The van der Waals surface area contributed by atoms with Crippen molar-refractivity contribution in [1.29, 1.82) is 0 Å². The molecule has 0 aliphatic rings. The van der Waals surface area contributed by atoms with E-state index in [1.165, 1.54) is 0 Å². The van der Waals surface area contributed by atoms with Gasteiger partial charge in [0.25, 0.3) is 0 Å². The normalized spacial score (nSPS) is 10.7. The first kappa shape index (κ1) is 19.4. The van der Waals surface area contributed by atoms with Gasteiger partial charge in [-0.3, -0.25) is 9.59 Å². The standard InChI is InChI=1S/C17H17F2NO6/c1-4-25-12(21)8-20-7-10(17(23)26-5-2)15(22)9-6-11(18)13(19)16(24-3)14(9)20/h6-7H,4-5,8H2,1-3H3. The van der Waals surface area contributed by atoms with Crippen LogP contribution in [0.4, 0.5) is 8.78 Å². The third-order valence-corrected chi connectivity index (χ3v) is 3.52. The van der Waals surface area contributed by atoms with Crippen LogP contribution in [0.25, 0.3) is 10.9 Å². The molecule has 0 unspecified atom stereocenters. The van der Waals surface area contributed by atoms with E-state index in [1.54, 1.807) is 13.8 Å². The third kappa shape index (κ3) is 3.51. The van der Waals surface area contributed by atoms with Crippen molar-refractivity contribution >= 4 is 22.8 Å². The van der Waals surface area contributed by atoms with Crippen molar-refractivity contribution in [3.8, 4) is 5.75 Å². The van der Waals surface area contributed by atoms with Gasteiger partial charge in [0.05, 0.1) is 31.2 Å². The molecule has 1 aromatic carbocycles. The lowest BCUT2D eigenvalue weighted by Gasteiger charge is -2.16. The number of nitrogens with zero attached hydrogens (tertiary/aromatic N) is 1. The number of hydrogen-bond donors (Lipinski definition) is 0. The summed E-state index contributed by atoms with van der Waals surface area (Å²) in [5.41, 5.74) is -1.45. The van der Waals surface area contributed by atoms with Crippen LogP contribution in [0.3, 0.4) is 0 Å². The molecule has 2 rings (SSSR count). The van der Waals surface area contributed by atoms with Crippen molar-refractivity contribution in [3.05, 3.63) is 39.7 Å². The maximum Gasteiger partial charge on any atom is 0.343 e. The zero-order chi connectivity index (χ0) is 19.4. The Morgan fingerprint density at radius 2 is 1.81 bits per heavy atom. The van der Waals surface area contributed by atoms with Crippen molar-refractivity contribution in [3.63, 3.8) is 0 Å². The first-order valence-corrected chi connectivity index (χ1v) is 7.77. The zero-order valence-corrected chi connectivity index (χ0v) is 14.4. The van der Waals surface area contributed by atoms with Crippen LogP contribution in [-0.2, 0) is 20.8 Å². The smallest absolute Gasteiger partial charge is 0.343 e. The van der Waals surface area contributed by atoms with Gasteiger partial charge in [-0.25, -0.2) is 9.18 Å². The Morgan fingerprint density at radius 1 is 1.15 bits per heavy atom. The van der Waals surface area contributed by atoms with E-state index in [-0.39, 0.29) is 24.1 Å². The second-order valence-corrected chi connectivity index (χ2v) is 5.13. The van der Waals surface area contributed by atoms with Gasteiger partial charge in [-0.05, 0) is 19.9 Å². The second-order valence-electron chi connectivity index (χ2n) is 5.13. The minimum Gasteiger partial charge on any atom is -0.491 e. The molecule has 7 nitrogen and oxygen atoms in total. The summed E-state index contributed by atoms with van der Waals surface area (Å²) in [5, 5.41) is -0.324. The number of halogens is 2. The number of aromatic nitrogens is 1. The van der Waals surface area contributed by atoms with E-state index in [0.29, 0.717) is 6.07 Å². The van der Waals surface area contributed by atoms with E-state index in [2.05, 4.69) is 0 Å². The van der Waals surface area contributed by atoms with Crippen LogP contribution in [0.1, 0.15) is 24.2 Å². The summed E-state index contributed by atoms with van der Waals surface area (Å²) in [5.74, 6) is -4.84. The Morgan fingerprint density at radius 3 is 2.38 bits per heavy atom. The van der Waals surface area contributed by atoms with Gasteiger partial charge < -0.3 is 18.8 Å². The first-order valence-electron chi connectivity index (χ1n) is 7.77. The van der Waals surface area contributed by atoms with Crippen molar-refractivity contribution in [1.82, 2.24) is 4.57 Å². The Bertz CT molecular complexity index is 922. The second kappa shape index (κ2) is 7.94. The highest BCUT2D eigenvalue weighted by Crippen LogP contribution is 2.30. The first-order chi connectivity index (χ1) is 12.3. The largest absolute Gasteiger partial charge is 0.491 e. The molecule has 26 heavy (non-hydrogen) atoms. The predicted octanol–water partition coefficient (Wildman–Crippen LogP) is 2.03. The van der Waals surface area contributed by atoms with Gasteiger partial charge in [0.2, 0.25) is 11.2 Å². The Hall–Kier alpha value is -2.97. The molecule has 0 spiro atoms. The molecule has 0 amide bonds. The topological polar surface area (TPSA) is 83.8 Å². The molecule has 0 fully saturated rings. The number of carbonyl (C=O) groups excluding carboxylic acids is 2. The van der Waals surface area contributed by atoms with Gasteiger partial charge in [-0.15, -0.1) is 0 Å². The number of methoxy groups -OCH3 is 1. The number of carbonyl (C=O) groups is 2. The molecule has 0 atom stereocenters. The van der Waals surface area contributed by atoms with E-state index < -0.39 is 46.9 Å². The highest BCUT2D eigenvalue weighted by molar-refractivity contribution is 5.95. The van der Waals surface area contributed by atoms with Crippen LogP contribution in [0.2, 0.25) is 0 Å². The third-order valence-electron chi connectivity index (χ3n) is 3.52. The minimum absolute atomic E-state index is 0.00921. The molecule has 0 aliphatic carbocycles. The maximum atomic E-state index is 14.1. The van der Waals surface area contributed by atoms with E-state index in [1.807, 2.05) is 0 Å². The molecule has 0 bridgehead atoms. The maximum absolute atomic E-state index is 14.1. The number of benzene rings is 1. The van der Waals surface area contributed by atoms with E-state index in [4.69, 9.17) is 14.2 Å². The van der Waals surface area contributed by atoms with Crippen molar-refractivity contribution < 1.29 is 32.6 Å². The van der Waals surface area contributed by atoms with Crippen LogP contribution >= 0.6 is 0 Å². The molecule has 0 N–H and O–H groups in total. The summed E-state index contributed by atoms with van der Waals surface area (Å²) in [7, 11) is 1.09. The lowest BCUT2D eigenvalue weighted by molar-refractivity contribution is -0.143. The van der Waals surface area contributed by atoms with E-state index in [0.717, 1.165) is 17.9 Å². The van der Waals surface area contributed by atoms with E-state index in [9.17, 15) is 23.2 Å². The van der Waals surface area contributed by atoms with Crippen molar-refractivity contribution in [2.45, 2.75) is 20.4 Å². The predicted molar refractivity (Wildman–Crippen MR) is 87.3 cm³/mol. The summed E-state index contributed by atoms with van der Waals surface area (Å²) in [6.45, 7) is 2.81. The fraction of sp³-hybridized carbons (Fsp3) is 0.353. The molecule has 140 valence electrons. The van der Waals surface area contributed by atoms with E-state index >= 15 is 0 Å². The monoisotopic (exact) mass is 369 g/mol. The zero-order valence-electron chi connectivity index (χ0n) is 14.4. The van der Waals surface area contributed by atoms with Gasteiger partial charge >= 0.3 is 11.9 Å². The summed E-state index contributed by atoms with van der Waals surface area (Å²) in [6, 6.07) is 0.653. The van der Waals surface area contributed by atoms with Crippen LogP contribution < -0.4 is 10.2 Å². The highest BCUT2D eigenvalue weighted by atomic mass is 19.2. The van der Waals surface area contributed by atoms with Crippen LogP contribution in [0.15, 0.2) is 17.1 Å². The summed E-state index contributed by atoms with van der Waals surface area (Å²) >= 11 is 0. The number of hydrogen-bond acceptors (Lipinski definition) is 6. The van der Waals surface area contributed by atoms with Crippen LogP contribution in [0, 0.1) is 11.6 Å². The molecule has 0 radical (unpaired) electrons. The van der Waals surface area contributed by atoms with Gasteiger partial charge in [0.1, 0.15) is 12.1 Å². The van der Waals surface area contributed by atoms with Crippen molar-refractivity contribution in [2.75, 3.05) is 20.3 Å². The quantitative estimate of drug-likeness (QED) is 0.725. The van der Waals surface area contributed by atoms with Gasteiger partial charge in [-0.2, -0.15) is 4.39 Å². The van der Waals surface area contributed by atoms with Crippen LogP contribution in [-0.4, -0.2) is 36.8 Å². The molecule has 0 saturated heterocycles. The van der Waals surface area contributed by atoms with Gasteiger partial charge in [-0.1, -0.05) is 0 Å². The number of pyridine rings is 1. The average molecular weight is 369 g/mol. The lowest BCUT2D eigenvalue weighted by Crippen LogP contribution is -2.24. The number of ether oxygens (including phenoxy) is 3. The number of fused-ring (bicyclic) bond motifs is 1. The average Bonchev–Trinajstić information content (AvgIpc) is 2.59. The molecule has 0 aliphatic heterocycles. The fourth-order valence-electron chi connectivity index (χ4n) is 2.49. The molecule has 1 heterocycles. The molecule has 9 heteroatoms. The van der Waals surface area contributed by atoms with Gasteiger partial charge in [0.15, 0.2) is 11.6 Å². The number of esters is 2. The molecule has 2 aromatic rings. The van der Waals surface area contributed by atoms with Crippen LogP contribution in [0.5, 0.6) is 5.75 Å². The van der Waals surface area contributed by atoms with Gasteiger partial charge in [0, 0.05) is 6.20 Å².